The van der Waals surface area contributed by atoms with Gasteiger partial charge in [-0.3, -0.25) is 9.59 Å². The normalized spacial score (nSPS) is 16.9. The van der Waals surface area contributed by atoms with Crippen molar-refractivity contribution in [1.29, 1.82) is 0 Å². The van der Waals surface area contributed by atoms with Crippen LogP contribution in [0.3, 0.4) is 0 Å². The van der Waals surface area contributed by atoms with Crippen molar-refractivity contribution in [2.75, 3.05) is 40.4 Å². The van der Waals surface area contributed by atoms with Gasteiger partial charge in [-0.1, -0.05) is 60.8 Å². The molecule has 2 aromatic rings. The molecule has 1 fully saturated rings. The van der Waals surface area contributed by atoms with Gasteiger partial charge in [0.2, 0.25) is 0 Å². The zero-order valence-corrected chi connectivity index (χ0v) is 24.4. The van der Waals surface area contributed by atoms with Crippen LogP contribution in [0.15, 0.2) is 52.5 Å². The van der Waals surface area contributed by atoms with Gasteiger partial charge >= 0.3 is 0 Å². The highest BCUT2D eigenvalue weighted by Crippen LogP contribution is 2.42. The Labute approximate surface area is 234 Å². The first-order valence-electron chi connectivity index (χ1n) is 13.3. The second-order valence-electron chi connectivity index (χ2n) is 9.52. The first kappa shape index (κ1) is 29.7. The summed E-state index contributed by atoms with van der Waals surface area (Å²) in [4.78, 5) is 30.7. The molecule has 8 heteroatoms. The zero-order chi connectivity index (χ0) is 27.7. The number of Topliss-reactive ketones (excluding diaryl/α,β-unsaturated/α-hetero) is 1. The lowest BCUT2D eigenvalue weighted by Gasteiger charge is -2.28. The maximum Gasteiger partial charge on any atom is 0.295 e. The predicted molar refractivity (Wildman–Crippen MR) is 154 cm³/mol. The number of hydrogen-bond donors (Lipinski definition) is 1. The molecule has 1 heterocycles. The van der Waals surface area contributed by atoms with Crippen molar-refractivity contribution in [3.05, 3.63) is 63.6 Å². The Morgan fingerprint density at radius 2 is 1.53 bits per heavy atom. The standard InChI is InChI=1S/C30H39BrN2O5/c1-5-7-16-32(17-8-6-2)18-9-19-33-27(22-12-15-24(37-3)25(20-22)38-4)26(29(35)30(33)36)28(34)21-10-13-23(31)14-11-21/h10-15,20,27,34H,5-9,16-19H2,1-4H3/t27-/m1/s1. The van der Waals surface area contributed by atoms with Crippen molar-refractivity contribution in [1.82, 2.24) is 9.80 Å². The number of aliphatic hydroxyl groups excluding tert-OH is 1. The zero-order valence-electron chi connectivity index (χ0n) is 22.8. The van der Waals surface area contributed by atoms with Crippen molar-refractivity contribution in [3.63, 3.8) is 0 Å². The fraction of sp³-hybridized carbons (Fsp3) is 0.467. The third-order valence-electron chi connectivity index (χ3n) is 6.91. The van der Waals surface area contributed by atoms with E-state index in [9.17, 15) is 14.7 Å². The molecule has 0 bridgehead atoms. The summed E-state index contributed by atoms with van der Waals surface area (Å²) in [6, 6.07) is 11.6. The van der Waals surface area contributed by atoms with Gasteiger partial charge in [0.15, 0.2) is 11.5 Å². The number of ketones is 1. The van der Waals surface area contributed by atoms with E-state index in [1.807, 2.05) is 6.07 Å². The van der Waals surface area contributed by atoms with E-state index in [4.69, 9.17) is 9.47 Å². The molecule has 1 atom stereocenters. The van der Waals surface area contributed by atoms with Crippen molar-refractivity contribution >= 4 is 33.4 Å². The number of carbonyl (C=O) groups excluding carboxylic acids is 2. The fourth-order valence-electron chi connectivity index (χ4n) is 4.81. The lowest BCUT2D eigenvalue weighted by molar-refractivity contribution is -0.140. The second kappa shape index (κ2) is 14.4. The summed E-state index contributed by atoms with van der Waals surface area (Å²) in [5, 5.41) is 11.3. The number of likely N-dealkylation sites (tertiary alicyclic amines) is 1. The minimum Gasteiger partial charge on any atom is -0.507 e. The SMILES string of the molecule is CCCCN(CCCC)CCCN1C(=O)C(=O)C(=C(O)c2ccc(Br)cc2)[C@H]1c1ccc(OC)c(OC)c1. The number of amides is 1. The van der Waals surface area contributed by atoms with E-state index in [1.165, 1.54) is 0 Å². The molecule has 1 amide bonds. The van der Waals surface area contributed by atoms with Gasteiger partial charge in [0.25, 0.3) is 11.7 Å². The third kappa shape index (κ3) is 6.97. The van der Waals surface area contributed by atoms with Crippen LogP contribution in [0.25, 0.3) is 5.76 Å². The molecular formula is C30H39BrN2O5. The molecule has 1 saturated heterocycles. The lowest BCUT2D eigenvalue weighted by atomic mass is 9.95. The summed E-state index contributed by atoms with van der Waals surface area (Å²) in [5.74, 6) is -0.435. The number of benzene rings is 2. The molecule has 0 radical (unpaired) electrons. The van der Waals surface area contributed by atoms with Gasteiger partial charge in [-0.05, 0) is 68.7 Å². The number of nitrogens with zero attached hydrogens (tertiary/aromatic N) is 2. The molecule has 7 nitrogen and oxygen atoms in total. The smallest absolute Gasteiger partial charge is 0.295 e. The number of carbonyl (C=O) groups is 2. The largest absolute Gasteiger partial charge is 0.507 e. The van der Waals surface area contributed by atoms with Crippen molar-refractivity contribution in [2.24, 2.45) is 0 Å². The first-order valence-corrected chi connectivity index (χ1v) is 14.1. The number of methoxy groups -OCH3 is 2. The van der Waals surface area contributed by atoms with Crippen LogP contribution < -0.4 is 9.47 Å². The Kier molecular flexibility index (Phi) is 11.2. The molecular weight excluding hydrogens is 548 g/mol. The van der Waals surface area contributed by atoms with E-state index in [1.54, 1.807) is 55.5 Å². The predicted octanol–water partition coefficient (Wildman–Crippen LogP) is 6.18. The summed E-state index contributed by atoms with van der Waals surface area (Å²) in [5.41, 5.74) is 1.23. The molecule has 2 aromatic carbocycles. The van der Waals surface area contributed by atoms with E-state index in [0.717, 1.165) is 56.2 Å². The fourth-order valence-corrected chi connectivity index (χ4v) is 5.07. The van der Waals surface area contributed by atoms with E-state index >= 15 is 0 Å². The van der Waals surface area contributed by atoms with Crippen LogP contribution in [0, 0.1) is 0 Å². The van der Waals surface area contributed by atoms with E-state index in [0.29, 0.717) is 29.2 Å². The second-order valence-corrected chi connectivity index (χ2v) is 10.4. The molecule has 3 rings (SSSR count). The lowest BCUT2D eigenvalue weighted by Crippen LogP contribution is -2.34. The van der Waals surface area contributed by atoms with Gasteiger partial charge in [0.1, 0.15) is 5.76 Å². The Bertz CT molecular complexity index is 1120. The molecule has 1 aliphatic heterocycles. The van der Waals surface area contributed by atoms with Crippen LogP contribution in [-0.2, 0) is 9.59 Å². The van der Waals surface area contributed by atoms with Crippen LogP contribution >= 0.6 is 15.9 Å². The number of halogens is 1. The monoisotopic (exact) mass is 586 g/mol. The number of aliphatic hydroxyl groups is 1. The van der Waals surface area contributed by atoms with Crippen molar-refractivity contribution in [3.8, 4) is 11.5 Å². The minimum atomic E-state index is -0.738. The molecule has 0 aromatic heterocycles. The quantitative estimate of drug-likeness (QED) is 0.162. The van der Waals surface area contributed by atoms with Gasteiger partial charge < -0.3 is 24.4 Å². The summed E-state index contributed by atoms with van der Waals surface area (Å²) in [6.45, 7) is 7.66. The molecule has 0 spiro atoms. The minimum absolute atomic E-state index is 0.0818. The van der Waals surface area contributed by atoms with E-state index in [2.05, 4.69) is 34.7 Å². The number of rotatable bonds is 14. The molecule has 1 aliphatic rings. The third-order valence-corrected chi connectivity index (χ3v) is 7.44. The Morgan fingerprint density at radius 3 is 2.11 bits per heavy atom. The first-order chi connectivity index (χ1) is 18.4. The maximum absolute atomic E-state index is 13.4. The summed E-state index contributed by atoms with van der Waals surface area (Å²) >= 11 is 3.40. The van der Waals surface area contributed by atoms with Crippen LogP contribution in [0.4, 0.5) is 0 Å². The molecule has 206 valence electrons. The molecule has 0 saturated carbocycles. The van der Waals surface area contributed by atoms with Crippen LogP contribution in [0.1, 0.15) is 63.1 Å². The van der Waals surface area contributed by atoms with E-state index < -0.39 is 17.7 Å². The maximum atomic E-state index is 13.4. The topological polar surface area (TPSA) is 79.3 Å². The number of unbranched alkanes of at least 4 members (excludes halogenated alkanes) is 2. The summed E-state index contributed by atoms with van der Waals surface area (Å²) < 4.78 is 11.7. The average molecular weight is 588 g/mol. The molecule has 0 unspecified atom stereocenters. The van der Waals surface area contributed by atoms with Gasteiger partial charge in [-0.2, -0.15) is 0 Å². The van der Waals surface area contributed by atoms with Crippen LogP contribution in [-0.4, -0.2) is 67.0 Å². The van der Waals surface area contributed by atoms with Crippen molar-refractivity contribution in [2.45, 2.75) is 52.0 Å². The highest BCUT2D eigenvalue weighted by Gasteiger charge is 2.46. The van der Waals surface area contributed by atoms with Crippen LogP contribution in [0.5, 0.6) is 11.5 Å². The van der Waals surface area contributed by atoms with E-state index in [-0.39, 0.29) is 11.3 Å². The highest BCUT2D eigenvalue weighted by atomic mass is 79.9. The van der Waals surface area contributed by atoms with Gasteiger partial charge in [-0.25, -0.2) is 0 Å². The summed E-state index contributed by atoms with van der Waals surface area (Å²) in [7, 11) is 3.10. The highest BCUT2D eigenvalue weighted by molar-refractivity contribution is 9.10. The summed E-state index contributed by atoms with van der Waals surface area (Å²) in [6.07, 6.45) is 5.25. The van der Waals surface area contributed by atoms with Crippen molar-refractivity contribution < 1.29 is 24.2 Å². The Morgan fingerprint density at radius 1 is 0.921 bits per heavy atom. The average Bonchev–Trinajstić information content (AvgIpc) is 3.18. The number of hydrogen-bond acceptors (Lipinski definition) is 6. The Hall–Kier alpha value is -2.84. The molecule has 1 N–H and O–H groups in total. The van der Waals surface area contributed by atoms with Gasteiger partial charge in [0.05, 0.1) is 25.8 Å². The Balaban J connectivity index is 1.98. The molecule has 38 heavy (non-hydrogen) atoms. The molecule has 0 aliphatic carbocycles. The van der Waals surface area contributed by atoms with Gasteiger partial charge in [0, 0.05) is 16.6 Å². The van der Waals surface area contributed by atoms with Crippen LogP contribution in [0.2, 0.25) is 0 Å². The number of ether oxygens (including phenoxy) is 2. The van der Waals surface area contributed by atoms with Gasteiger partial charge in [-0.15, -0.1) is 0 Å².